The predicted octanol–water partition coefficient (Wildman–Crippen LogP) is 2.08. The Morgan fingerprint density at radius 2 is 1.94 bits per heavy atom. The van der Waals surface area contributed by atoms with Gasteiger partial charge in [0.25, 0.3) is 0 Å². The number of halogens is 1. The van der Waals surface area contributed by atoms with Gasteiger partial charge in [-0.15, -0.1) is 0 Å². The molecule has 1 rings (SSSR count). The van der Waals surface area contributed by atoms with Gasteiger partial charge in [-0.2, -0.15) is 0 Å². The molecule has 0 saturated carbocycles. The van der Waals surface area contributed by atoms with Crippen LogP contribution in [-0.2, 0) is 0 Å². The van der Waals surface area contributed by atoms with Gasteiger partial charge in [-0.05, 0) is 63.5 Å². The van der Waals surface area contributed by atoms with Gasteiger partial charge < -0.3 is 10.2 Å². The molecule has 0 aliphatic rings. The normalized spacial score (nSPS) is 10.2. The van der Waals surface area contributed by atoms with Crippen LogP contribution < -0.4 is 16.2 Å². The van der Waals surface area contributed by atoms with Crippen LogP contribution in [-0.4, -0.2) is 37.2 Å². The highest BCUT2D eigenvalue weighted by atomic mass is 35.5. The first-order chi connectivity index (χ1) is 8.58. The minimum atomic E-state index is 0.587. The van der Waals surface area contributed by atoms with Gasteiger partial charge in [-0.3, -0.25) is 10.9 Å². The average Bonchev–Trinajstić information content (AvgIpc) is 2.34. The molecule has 0 radical (unpaired) electrons. The van der Waals surface area contributed by atoms with Crippen LogP contribution in [0.25, 0.3) is 0 Å². The van der Waals surface area contributed by atoms with Crippen LogP contribution in [0.1, 0.15) is 6.42 Å². The van der Waals surface area contributed by atoms with Crippen LogP contribution in [0.4, 0.5) is 5.69 Å². The molecule has 100 valence electrons. The van der Waals surface area contributed by atoms with Crippen molar-refractivity contribution in [2.45, 2.75) is 6.42 Å². The van der Waals surface area contributed by atoms with E-state index in [1.165, 1.54) is 0 Å². The number of hydrazine groups is 1. The molecule has 0 aromatic heterocycles. The summed E-state index contributed by atoms with van der Waals surface area (Å²) in [5.41, 5.74) is 6.83. The molecule has 0 heterocycles. The number of rotatable bonds is 6. The molecule has 1 aromatic carbocycles. The first-order valence-electron chi connectivity index (χ1n) is 5.78. The monoisotopic (exact) mass is 286 g/mol. The second-order valence-electron chi connectivity index (χ2n) is 4.17. The minimum absolute atomic E-state index is 0.587. The van der Waals surface area contributed by atoms with Gasteiger partial charge in [0.15, 0.2) is 5.11 Å². The lowest BCUT2D eigenvalue weighted by Crippen LogP contribution is -2.39. The van der Waals surface area contributed by atoms with Crippen LogP contribution in [0.3, 0.4) is 0 Å². The molecule has 0 atom stereocenters. The maximum absolute atomic E-state index is 5.79. The van der Waals surface area contributed by atoms with Crippen molar-refractivity contribution in [1.29, 1.82) is 0 Å². The Labute approximate surface area is 119 Å². The zero-order valence-corrected chi connectivity index (χ0v) is 12.2. The lowest BCUT2D eigenvalue weighted by molar-refractivity contribution is 0.400. The van der Waals surface area contributed by atoms with E-state index in [0.717, 1.165) is 25.2 Å². The van der Waals surface area contributed by atoms with Gasteiger partial charge in [0, 0.05) is 11.6 Å². The second-order valence-corrected chi connectivity index (χ2v) is 5.01. The number of thiocarbonyl (C=S) groups is 1. The summed E-state index contributed by atoms with van der Waals surface area (Å²) >= 11 is 10.9. The molecule has 1 aromatic rings. The molecule has 6 heteroatoms. The summed E-state index contributed by atoms with van der Waals surface area (Å²) in [6.45, 7) is 1.90. The predicted molar refractivity (Wildman–Crippen MR) is 82.0 cm³/mol. The largest absolute Gasteiger partial charge is 0.361 e. The van der Waals surface area contributed by atoms with Crippen molar-refractivity contribution in [2.24, 2.45) is 0 Å². The Morgan fingerprint density at radius 3 is 2.56 bits per heavy atom. The van der Waals surface area contributed by atoms with Crippen molar-refractivity contribution in [3.05, 3.63) is 29.3 Å². The third-order valence-corrected chi connectivity index (χ3v) is 2.73. The van der Waals surface area contributed by atoms with E-state index in [1.54, 1.807) is 0 Å². The molecule has 3 N–H and O–H groups in total. The maximum Gasteiger partial charge on any atom is 0.185 e. The summed E-state index contributed by atoms with van der Waals surface area (Å²) in [4.78, 5) is 2.14. The highest BCUT2D eigenvalue weighted by Gasteiger charge is 1.96. The standard InChI is InChI=1S/C12H19ClN4S/c1-17(2)9-3-8-14-12(18)16-15-11-6-4-10(13)5-7-11/h4-7,15H,3,8-9H2,1-2H3,(H2,14,16,18). The third-order valence-electron chi connectivity index (χ3n) is 2.23. The molecular weight excluding hydrogens is 268 g/mol. The Hall–Kier alpha value is -1.04. The number of nitrogens with zero attached hydrogens (tertiary/aromatic N) is 1. The fraction of sp³-hybridized carbons (Fsp3) is 0.417. The Bertz CT molecular complexity index is 367. The lowest BCUT2D eigenvalue weighted by Gasteiger charge is -2.13. The van der Waals surface area contributed by atoms with Crippen molar-refractivity contribution in [1.82, 2.24) is 15.6 Å². The summed E-state index contributed by atoms with van der Waals surface area (Å²) in [5.74, 6) is 0. The van der Waals surface area contributed by atoms with Gasteiger partial charge >= 0.3 is 0 Å². The molecule has 0 saturated heterocycles. The van der Waals surface area contributed by atoms with Crippen LogP contribution in [0.15, 0.2) is 24.3 Å². The molecule has 0 aliphatic heterocycles. The van der Waals surface area contributed by atoms with Gasteiger partial charge in [0.2, 0.25) is 0 Å². The molecule has 0 aliphatic carbocycles. The summed E-state index contributed by atoms with van der Waals surface area (Å²) in [6.07, 6.45) is 1.05. The molecule has 4 nitrogen and oxygen atoms in total. The van der Waals surface area contributed by atoms with E-state index in [2.05, 4.69) is 35.2 Å². The third kappa shape index (κ3) is 6.64. The van der Waals surface area contributed by atoms with Crippen LogP contribution in [0, 0.1) is 0 Å². The molecule has 0 unspecified atom stereocenters. The average molecular weight is 287 g/mol. The molecular formula is C12H19ClN4S. The van der Waals surface area contributed by atoms with Crippen LogP contribution >= 0.6 is 23.8 Å². The number of hydrogen-bond donors (Lipinski definition) is 3. The highest BCUT2D eigenvalue weighted by Crippen LogP contribution is 2.12. The summed E-state index contributed by atoms with van der Waals surface area (Å²) in [6, 6.07) is 7.40. The quantitative estimate of drug-likeness (QED) is 0.424. The zero-order valence-electron chi connectivity index (χ0n) is 10.7. The first kappa shape index (κ1) is 15.0. The topological polar surface area (TPSA) is 39.3 Å². The fourth-order valence-electron chi connectivity index (χ4n) is 1.30. The van der Waals surface area contributed by atoms with Crippen molar-refractivity contribution in [3.63, 3.8) is 0 Å². The number of hydrogen-bond acceptors (Lipinski definition) is 3. The molecule has 0 spiro atoms. The minimum Gasteiger partial charge on any atom is -0.361 e. The lowest BCUT2D eigenvalue weighted by atomic mass is 10.3. The molecule has 0 bridgehead atoms. The van der Waals surface area contributed by atoms with E-state index in [1.807, 2.05) is 24.3 Å². The van der Waals surface area contributed by atoms with Crippen LogP contribution in [0.5, 0.6) is 0 Å². The Morgan fingerprint density at radius 1 is 1.28 bits per heavy atom. The summed E-state index contributed by atoms with van der Waals surface area (Å²) < 4.78 is 0. The van der Waals surface area contributed by atoms with E-state index < -0.39 is 0 Å². The van der Waals surface area contributed by atoms with Gasteiger partial charge in [-0.25, -0.2) is 0 Å². The van der Waals surface area contributed by atoms with E-state index in [-0.39, 0.29) is 0 Å². The number of anilines is 1. The van der Waals surface area contributed by atoms with Crippen molar-refractivity contribution < 1.29 is 0 Å². The van der Waals surface area contributed by atoms with E-state index >= 15 is 0 Å². The summed E-state index contributed by atoms with van der Waals surface area (Å²) in [5, 5.41) is 4.42. The van der Waals surface area contributed by atoms with Crippen molar-refractivity contribution >= 4 is 34.6 Å². The maximum atomic E-state index is 5.79. The van der Waals surface area contributed by atoms with Crippen molar-refractivity contribution in [3.8, 4) is 0 Å². The second kappa shape index (κ2) is 8.13. The Kier molecular flexibility index (Phi) is 6.78. The number of nitrogens with one attached hydrogen (secondary N) is 3. The SMILES string of the molecule is CN(C)CCCNC(=S)NNc1ccc(Cl)cc1. The van der Waals surface area contributed by atoms with Crippen molar-refractivity contribution in [2.75, 3.05) is 32.6 Å². The first-order valence-corrected chi connectivity index (χ1v) is 6.56. The van der Waals surface area contributed by atoms with E-state index in [0.29, 0.717) is 10.1 Å². The Balaban J connectivity index is 2.15. The smallest absolute Gasteiger partial charge is 0.185 e. The zero-order chi connectivity index (χ0) is 13.4. The van der Waals surface area contributed by atoms with Gasteiger partial charge in [-0.1, -0.05) is 11.6 Å². The fourth-order valence-corrected chi connectivity index (χ4v) is 1.58. The molecule has 0 amide bonds. The molecule has 0 fully saturated rings. The van der Waals surface area contributed by atoms with Gasteiger partial charge in [0.1, 0.15) is 0 Å². The molecule has 18 heavy (non-hydrogen) atoms. The van der Waals surface area contributed by atoms with Gasteiger partial charge in [0.05, 0.1) is 5.69 Å². The highest BCUT2D eigenvalue weighted by molar-refractivity contribution is 7.80. The van der Waals surface area contributed by atoms with E-state index in [9.17, 15) is 0 Å². The number of benzene rings is 1. The summed E-state index contributed by atoms with van der Waals surface area (Å²) in [7, 11) is 4.11. The van der Waals surface area contributed by atoms with E-state index in [4.69, 9.17) is 23.8 Å². The van der Waals surface area contributed by atoms with Crippen LogP contribution in [0.2, 0.25) is 5.02 Å².